The molecule has 2 aromatic carbocycles. The van der Waals surface area contributed by atoms with Gasteiger partial charge in [0.1, 0.15) is 12.1 Å². The van der Waals surface area contributed by atoms with Crippen molar-refractivity contribution in [2.24, 2.45) is 0 Å². The van der Waals surface area contributed by atoms with Gasteiger partial charge in [0, 0.05) is 24.5 Å². The summed E-state index contributed by atoms with van der Waals surface area (Å²) >= 11 is 12.3. The molecule has 6 nitrogen and oxygen atoms in total. The minimum absolute atomic E-state index is 0.0866. The van der Waals surface area contributed by atoms with Crippen molar-refractivity contribution in [3.8, 4) is 0 Å². The molecule has 172 valence electrons. The first-order valence-corrected chi connectivity index (χ1v) is 12.2. The largest absolute Gasteiger partial charge is 0.360 e. The average molecular weight is 484 g/mol. The lowest BCUT2D eigenvalue weighted by Crippen LogP contribution is -2.43. The number of rotatable bonds is 5. The smallest absolute Gasteiger partial charge is 0.241 e. The molecular formula is C25H27Cl2N5O. The fourth-order valence-corrected chi connectivity index (χ4v) is 5.37. The number of fused-ring (bicyclic) bond motifs is 1. The van der Waals surface area contributed by atoms with Crippen LogP contribution < -0.4 is 5.32 Å². The molecular weight excluding hydrogens is 457 g/mol. The van der Waals surface area contributed by atoms with Crippen molar-refractivity contribution >= 4 is 45.8 Å². The van der Waals surface area contributed by atoms with Crippen LogP contribution in [0.3, 0.4) is 0 Å². The molecule has 3 aromatic rings. The van der Waals surface area contributed by atoms with Gasteiger partial charge < -0.3 is 10.2 Å². The molecule has 2 aliphatic rings. The SMILES string of the molecule is O=C(CNc1ncnc2cc(Cl)c(Cl)cc12)N1CCC(N2CCC(c3ccccc3)CC2)C1. The number of hydrogen-bond acceptors (Lipinski definition) is 5. The fraction of sp³-hybridized carbons (Fsp3) is 0.400. The van der Waals surface area contributed by atoms with Gasteiger partial charge in [-0.2, -0.15) is 0 Å². The number of benzene rings is 2. The maximum atomic E-state index is 12.9. The number of nitrogens with zero attached hydrogens (tertiary/aromatic N) is 4. The summed E-state index contributed by atoms with van der Waals surface area (Å²) in [7, 11) is 0. The van der Waals surface area contributed by atoms with Gasteiger partial charge in [-0.3, -0.25) is 9.69 Å². The molecule has 1 atom stereocenters. The van der Waals surface area contributed by atoms with Crippen LogP contribution in [-0.2, 0) is 4.79 Å². The minimum Gasteiger partial charge on any atom is -0.360 e. The molecule has 2 aliphatic heterocycles. The second-order valence-electron chi connectivity index (χ2n) is 8.86. The molecule has 2 saturated heterocycles. The molecule has 33 heavy (non-hydrogen) atoms. The molecule has 1 N–H and O–H groups in total. The zero-order valence-corrected chi connectivity index (χ0v) is 19.9. The highest BCUT2D eigenvalue weighted by molar-refractivity contribution is 6.42. The van der Waals surface area contributed by atoms with Crippen molar-refractivity contribution in [1.82, 2.24) is 19.8 Å². The molecule has 1 amide bonds. The fourth-order valence-electron chi connectivity index (χ4n) is 5.05. The van der Waals surface area contributed by atoms with E-state index in [1.165, 1.54) is 24.7 Å². The van der Waals surface area contributed by atoms with Gasteiger partial charge in [-0.1, -0.05) is 53.5 Å². The van der Waals surface area contributed by atoms with Gasteiger partial charge in [-0.25, -0.2) is 9.97 Å². The van der Waals surface area contributed by atoms with E-state index >= 15 is 0 Å². The molecule has 1 aromatic heterocycles. The molecule has 0 saturated carbocycles. The van der Waals surface area contributed by atoms with E-state index in [-0.39, 0.29) is 12.5 Å². The lowest BCUT2D eigenvalue weighted by molar-refractivity contribution is -0.128. The maximum absolute atomic E-state index is 12.9. The topological polar surface area (TPSA) is 61.4 Å². The van der Waals surface area contributed by atoms with Gasteiger partial charge in [-0.05, 0) is 56.0 Å². The Kier molecular flexibility index (Phi) is 6.67. The van der Waals surface area contributed by atoms with E-state index in [2.05, 4.69) is 50.5 Å². The standard InChI is InChI=1S/C25H27Cl2N5O/c26-21-12-20-23(13-22(21)27)29-16-30-25(20)28-14-24(33)32-11-8-19(15-32)31-9-6-18(7-10-31)17-4-2-1-3-5-17/h1-5,12-13,16,18-19H,6-11,14-15H2,(H,28,29,30). The van der Waals surface area contributed by atoms with E-state index in [0.717, 1.165) is 38.0 Å². The number of nitrogens with one attached hydrogen (secondary N) is 1. The van der Waals surface area contributed by atoms with Crippen LogP contribution in [0.15, 0.2) is 48.8 Å². The molecule has 0 aliphatic carbocycles. The maximum Gasteiger partial charge on any atom is 0.241 e. The number of carbonyl (C=O) groups is 1. The molecule has 2 fully saturated rings. The summed E-state index contributed by atoms with van der Waals surface area (Å²) in [4.78, 5) is 26.0. The number of amides is 1. The molecule has 0 radical (unpaired) electrons. The van der Waals surface area contributed by atoms with E-state index in [0.29, 0.717) is 33.3 Å². The third-order valence-electron chi connectivity index (χ3n) is 6.92. The van der Waals surface area contributed by atoms with Gasteiger partial charge in [-0.15, -0.1) is 0 Å². The monoisotopic (exact) mass is 483 g/mol. The summed E-state index contributed by atoms with van der Waals surface area (Å²) in [5.41, 5.74) is 2.14. The lowest BCUT2D eigenvalue weighted by atomic mass is 9.89. The number of carbonyl (C=O) groups excluding carboxylic acids is 1. The zero-order valence-electron chi connectivity index (χ0n) is 18.4. The second kappa shape index (κ2) is 9.84. The highest BCUT2D eigenvalue weighted by Gasteiger charge is 2.32. The van der Waals surface area contributed by atoms with Crippen molar-refractivity contribution in [2.45, 2.75) is 31.2 Å². The van der Waals surface area contributed by atoms with Crippen molar-refractivity contribution in [2.75, 3.05) is 38.0 Å². The molecule has 0 bridgehead atoms. The lowest BCUT2D eigenvalue weighted by Gasteiger charge is -2.36. The molecule has 8 heteroatoms. The third-order valence-corrected chi connectivity index (χ3v) is 7.64. The van der Waals surface area contributed by atoms with E-state index in [1.54, 1.807) is 12.1 Å². The van der Waals surface area contributed by atoms with Gasteiger partial charge in [0.05, 0.1) is 22.1 Å². The van der Waals surface area contributed by atoms with Gasteiger partial charge in [0.2, 0.25) is 5.91 Å². The van der Waals surface area contributed by atoms with Crippen LogP contribution in [0.2, 0.25) is 10.0 Å². The normalized spacial score (nSPS) is 19.8. The van der Waals surface area contributed by atoms with Crippen LogP contribution >= 0.6 is 23.2 Å². The Morgan fingerprint density at radius 1 is 1.00 bits per heavy atom. The Balaban J connectivity index is 1.14. The number of anilines is 1. The van der Waals surface area contributed by atoms with Crippen LogP contribution in [0.5, 0.6) is 0 Å². The van der Waals surface area contributed by atoms with Crippen LogP contribution in [0.25, 0.3) is 10.9 Å². The van der Waals surface area contributed by atoms with Crippen LogP contribution in [0.1, 0.15) is 30.7 Å². The van der Waals surface area contributed by atoms with E-state index in [9.17, 15) is 4.79 Å². The Morgan fingerprint density at radius 3 is 2.55 bits per heavy atom. The first-order valence-electron chi connectivity index (χ1n) is 11.5. The summed E-state index contributed by atoms with van der Waals surface area (Å²) in [6.45, 7) is 3.98. The van der Waals surface area contributed by atoms with Crippen LogP contribution in [0.4, 0.5) is 5.82 Å². The molecule has 3 heterocycles. The highest BCUT2D eigenvalue weighted by Crippen LogP contribution is 2.31. The average Bonchev–Trinajstić information content (AvgIpc) is 3.34. The Labute approximate surface area is 203 Å². The van der Waals surface area contributed by atoms with Crippen molar-refractivity contribution < 1.29 is 4.79 Å². The number of likely N-dealkylation sites (tertiary alicyclic amines) is 2. The first-order chi connectivity index (χ1) is 16.1. The quantitative estimate of drug-likeness (QED) is 0.562. The van der Waals surface area contributed by atoms with E-state index in [4.69, 9.17) is 23.2 Å². The first kappa shape index (κ1) is 22.4. The zero-order chi connectivity index (χ0) is 22.8. The number of halogens is 2. The van der Waals surface area contributed by atoms with Crippen LogP contribution in [0, 0.1) is 0 Å². The van der Waals surface area contributed by atoms with Crippen molar-refractivity contribution in [1.29, 1.82) is 0 Å². The summed E-state index contributed by atoms with van der Waals surface area (Å²) < 4.78 is 0. The predicted octanol–water partition coefficient (Wildman–Crippen LogP) is 4.83. The van der Waals surface area contributed by atoms with E-state index < -0.39 is 0 Å². The number of piperidine rings is 1. The summed E-state index contributed by atoms with van der Waals surface area (Å²) in [5.74, 6) is 1.32. The highest BCUT2D eigenvalue weighted by atomic mass is 35.5. The minimum atomic E-state index is 0.0866. The number of hydrogen-bond donors (Lipinski definition) is 1. The molecule has 1 unspecified atom stereocenters. The molecule has 0 spiro atoms. The number of aromatic nitrogens is 2. The Hall–Kier alpha value is -2.41. The molecule has 5 rings (SSSR count). The summed E-state index contributed by atoms with van der Waals surface area (Å²) in [6, 6.07) is 14.7. The third kappa shape index (κ3) is 4.93. The second-order valence-corrected chi connectivity index (χ2v) is 9.68. The van der Waals surface area contributed by atoms with Gasteiger partial charge in [0.15, 0.2) is 0 Å². The Morgan fingerprint density at radius 2 is 1.76 bits per heavy atom. The van der Waals surface area contributed by atoms with Gasteiger partial charge in [0.25, 0.3) is 0 Å². The predicted molar refractivity (Wildman–Crippen MR) is 133 cm³/mol. The van der Waals surface area contributed by atoms with Crippen molar-refractivity contribution in [3.63, 3.8) is 0 Å². The van der Waals surface area contributed by atoms with Crippen molar-refractivity contribution in [3.05, 3.63) is 64.4 Å². The summed E-state index contributed by atoms with van der Waals surface area (Å²) in [6.07, 6.45) is 4.86. The summed E-state index contributed by atoms with van der Waals surface area (Å²) in [5, 5.41) is 4.80. The van der Waals surface area contributed by atoms with E-state index in [1.807, 2.05) is 4.90 Å². The van der Waals surface area contributed by atoms with Crippen LogP contribution in [-0.4, -0.2) is 64.4 Å². The van der Waals surface area contributed by atoms with Gasteiger partial charge >= 0.3 is 0 Å². The Bertz CT molecular complexity index is 1130.